The van der Waals surface area contributed by atoms with Crippen LogP contribution < -0.4 is 21.1 Å². The third-order valence-electron chi connectivity index (χ3n) is 8.18. The lowest BCUT2D eigenvalue weighted by atomic mass is 10.0. The van der Waals surface area contributed by atoms with E-state index in [9.17, 15) is 13.2 Å². The van der Waals surface area contributed by atoms with Crippen LogP contribution >= 0.6 is 11.3 Å². The summed E-state index contributed by atoms with van der Waals surface area (Å²) in [5.41, 5.74) is 2.65. The van der Waals surface area contributed by atoms with Crippen LogP contribution in [0.15, 0.2) is 69.9 Å². The van der Waals surface area contributed by atoms with Gasteiger partial charge in [0.15, 0.2) is 9.84 Å². The Bertz CT molecular complexity index is 2080. The number of anilines is 3. The molecule has 1 atom stereocenters. The van der Waals surface area contributed by atoms with Gasteiger partial charge in [-0.1, -0.05) is 6.07 Å². The number of piperazine rings is 1. The number of aryl methyl sites for hydroxylation is 1. The molecule has 3 aromatic heterocycles. The van der Waals surface area contributed by atoms with Crippen molar-refractivity contribution in [3.63, 3.8) is 0 Å². The van der Waals surface area contributed by atoms with Crippen LogP contribution in [0.5, 0.6) is 0 Å². The van der Waals surface area contributed by atoms with E-state index in [0.717, 1.165) is 18.7 Å². The Labute approximate surface area is 277 Å². The number of hydrogen-bond acceptors (Lipinski definition) is 11. The van der Waals surface area contributed by atoms with Crippen LogP contribution in [0.3, 0.4) is 0 Å². The van der Waals surface area contributed by atoms with Crippen molar-refractivity contribution in [1.29, 1.82) is 0 Å². The summed E-state index contributed by atoms with van der Waals surface area (Å²) in [6.07, 6.45) is 3.27. The van der Waals surface area contributed by atoms with Crippen molar-refractivity contribution in [2.45, 2.75) is 31.3 Å². The number of fused-ring (bicyclic) bond motifs is 1. The molecule has 11 nitrogen and oxygen atoms in total. The van der Waals surface area contributed by atoms with Crippen molar-refractivity contribution in [2.24, 2.45) is 0 Å². The van der Waals surface area contributed by atoms with E-state index >= 15 is 4.39 Å². The summed E-state index contributed by atoms with van der Waals surface area (Å²) >= 11 is 1.41. The largest absolute Gasteiger partial charge is 0.366 e. The van der Waals surface area contributed by atoms with Gasteiger partial charge in [0.05, 0.1) is 22.9 Å². The lowest BCUT2D eigenvalue weighted by Crippen LogP contribution is -2.49. The van der Waals surface area contributed by atoms with E-state index in [1.807, 2.05) is 36.2 Å². The molecule has 6 rings (SSSR count). The molecule has 47 heavy (non-hydrogen) atoms. The first-order chi connectivity index (χ1) is 22.5. The highest BCUT2D eigenvalue weighted by Gasteiger charge is 2.22. The van der Waals surface area contributed by atoms with Gasteiger partial charge in [0.25, 0.3) is 5.56 Å². The minimum Gasteiger partial charge on any atom is -0.366 e. The van der Waals surface area contributed by atoms with E-state index in [4.69, 9.17) is 4.98 Å². The van der Waals surface area contributed by atoms with E-state index in [-0.39, 0.29) is 40.6 Å². The van der Waals surface area contributed by atoms with Crippen LogP contribution in [0, 0.1) is 12.7 Å². The summed E-state index contributed by atoms with van der Waals surface area (Å²) in [6.45, 7) is 6.67. The van der Waals surface area contributed by atoms with Crippen LogP contribution in [0.1, 0.15) is 17.5 Å². The Hall–Kier alpha value is -4.24. The molecule has 0 amide bonds. The number of sulfone groups is 1. The number of halogens is 1. The predicted octanol–water partition coefficient (Wildman–Crippen LogP) is 4.29. The molecule has 0 aliphatic carbocycles. The molecule has 1 unspecified atom stereocenters. The molecular weight excluding hydrogens is 640 g/mol. The summed E-state index contributed by atoms with van der Waals surface area (Å²) in [7, 11) is 0.0594. The zero-order valence-corrected chi connectivity index (χ0v) is 28.3. The summed E-state index contributed by atoms with van der Waals surface area (Å²) < 4.78 is 43.1. The van der Waals surface area contributed by atoms with Crippen molar-refractivity contribution in [2.75, 3.05) is 56.2 Å². The zero-order chi connectivity index (χ0) is 33.3. The number of benzene rings is 2. The molecule has 4 heterocycles. The minimum absolute atomic E-state index is 0.0420. The van der Waals surface area contributed by atoms with Crippen molar-refractivity contribution >= 4 is 49.5 Å². The predicted molar refractivity (Wildman–Crippen MR) is 185 cm³/mol. The number of rotatable bonds is 10. The Kier molecular flexibility index (Phi) is 9.37. The second-order valence-electron chi connectivity index (χ2n) is 12.0. The van der Waals surface area contributed by atoms with Gasteiger partial charge in [0.2, 0.25) is 5.95 Å². The van der Waals surface area contributed by atoms with E-state index in [2.05, 4.69) is 27.5 Å². The first kappa shape index (κ1) is 32.7. The second kappa shape index (κ2) is 13.5. The molecule has 0 bridgehead atoms. The average molecular weight is 677 g/mol. The molecule has 0 saturated carbocycles. The number of hydrogen-bond donors (Lipinski definition) is 2. The maximum absolute atomic E-state index is 15.2. The molecular formula is C33H37FN8O3S2. The summed E-state index contributed by atoms with van der Waals surface area (Å²) in [4.78, 5) is 31.8. The normalized spacial score (nSPS) is 15.4. The summed E-state index contributed by atoms with van der Waals surface area (Å²) in [6, 6.07) is 11.8. The average Bonchev–Trinajstić information content (AvgIpc) is 3.55. The molecule has 0 radical (unpaired) electrons. The van der Waals surface area contributed by atoms with Gasteiger partial charge in [0.1, 0.15) is 16.5 Å². The molecule has 2 aromatic carbocycles. The number of thiazole rings is 1. The maximum atomic E-state index is 15.2. The first-order valence-electron chi connectivity index (χ1n) is 15.3. The van der Waals surface area contributed by atoms with Crippen molar-refractivity contribution in [1.82, 2.24) is 29.7 Å². The third kappa shape index (κ3) is 7.20. The number of aromatic nitrogens is 4. The molecule has 1 aliphatic heterocycles. The molecule has 5 aromatic rings. The van der Waals surface area contributed by atoms with Gasteiger partial charge in [-0.15, -0.1) is 11.3 Å². The molecule has 1 saturated heterocycles. The Balaban J connectivity index is 1.39. The molecule has 1 fully saturated rings. The van der Waals surface area contributed by atoms with Crippen molar-refractivity contribution in [3.8, 4) is 11.1 Å². The van der Waals surface area contributed by atoms with Gasteiger partial charge in [-0.3, -0.25) is 9.36 Å². The topological polar surface area (TPSA) is 125 Å². The summed E-state index contributed by atoms with van der Waals surface area (Å²) in [5, 5.41) is 9.57. The fourth-order valence-electron chi connectivity index (χ4n) is 5.65. The van der Waals surface area contributed by atoms with Crippen molar-refractivity contribution < 1.29 is 12.8 Å². The molecule has 1 aliphatic rings. The van der Waals surface area contributed by atoms with Crippen molar-refractivity contribution in [3.05, 3.63) is 87.0 Å². The van der Waals surface area contributed by atoms with Gasteiger partial charge in [0, 0.05) is 66.6 Å². The highest BCUT2D eigenvalue weighted by Crippen LogP contribution is 2.29. The monoisotopic (exact) mass is 676 g/mol. The quantitative estimate of drug-likeness (QED) is 0.221. The number of nitrogens with one attached hydrogen (secondary N) is 2. The fourth-order valence-corrected chi connectivity index (χ4v) is 7.67. The summed E-state index contributed by atoms with van der Waals surface area (Å²) in [5.74, 6) is -0.193. The SMILES string of the molecule is Cc1ccc(S(=O)(=O)CCN(C)C)cc1-c1cc2cnc(Nc3ccc(N4CCNC(C)C4)c(F)c3)nc2n(Cc2nccs2)c1=O. The third-order valence-corrected chi connectivity index (χ3v) is 10.6. The van der Waals surface area contributed by atoms with Gasteiger partial charge in [-0.2, -0.15) is 4.98 Å². The standard InChI is InChI=1S/C33H37FN8O3S2/c1-21-5-7-25(47(44,45)14-12-40(3)4)17-26(21)27-15-23-18-37-33(39-31(23)42(32(27)43)20-30-36-10-13-46-30)38-24-6-8-29(28(34)16-24)41-11-9-35-22(2)19-41/h5-8,10,13,15-18,22,35H,9,11-12,14,19-20H2,1-4H3,(H,37,38,39). The Morgan fingerprint density at radius 3 is 2.68 bits per heavy atom. The van der Waals surface area contributed by atoms with Gasteiger partial charge < -0.3 is 20.4 Å². The number of nitrogens with zero attached hydrogens (tertiary/aromatic N) is 6. The van der Waals surface area contributed by atoms with E-state index in [1.54, 1.807) is 48.8 Å². The van der Waals surface area contributed by atoms with Gasteiger partial charge >= 0.3 is 0 Å². The van der Waals surface area contributed by atoms with E-state index < -0.39 is 9.84 Å². The maximum Gasteiger partial charge on any atom is 0.260 e. The molecule has 2 N–H and O–H groups in total. The highest BCUT2D eigenvalue weighted by atomic mass is 32.2. The lowest BCUT2D eigenvalue weighted by Gasteiger charge is -2.33. The zero-order valence-electron chi connectivity index (χ0n) is 26.7. The van der Waals surface area contributed by atoms with E-state index in [0.29, 0.717) is 51.6 Å². The van der Waals surface area contributed by atoms with Gasteiger partial charge in [-0.25, -0.2) is 22.8 Å². The van der Waals surface area contributed by atoms with Crippen LogP contribution in [0.4, 0.5) is 21.7 Å². The smallest absolute Gasteiger partial charge is 0.260 e. The molecule has 0 spiro atoms. The minimum atomic E-state index is -3.58. The Morgan fingerprint density at radius 1 is 1.13 bits per heavy atom. The number of pyridine rings is 1. The second-order valence-corrected chi connectivity index (χ2v) is 15.1. The molecule has 14 heteroatoms. The Morgan fingerprint density at radius 2 is 1.96 bits per heavy atom. The van der Waals surface area contributed by atoms with E-state index in [1.165, 1.54) is 22.0 Å². The molecule has 246 valence electrons. The lowest BCUT2D eigenvalue weighted by molar-refractivity contribution is 0.432. The first-order valence-corrected chi connectivity index (χ1v) is 17.8. The highest BCUT2D eigenvalue weighted by molar-refractivity contribution is 7.91. The fraction of sp³-hybridized carbons (Fsp3) is 0.333. The van der Waals surface area contributed by atoms with Gasteiger partial charge in [-0.05, 0) is 75.5 Å². The van der Waals surface area contributed by atoms with Crippen LogP contribution in [0.25, 0.3) is 22.2 Å². The van der Waals surface area contributed by atoms with Crippen LogP contribution in [-0.2, 0) is 16.4 Å². The van der Waals surface area contributed by atoms with Crippen LogP contribution in [0.2, 0.25) is 0 Å². The van der Waals surface area contributed by atoms with Crippen LogP contribution in [-0.4, -0.2) is 84.9 Å².